The molecule has 0 heterocycles. The standard InChI is InChI=1S/C25H34O4S/c1-16(2)21-14-18(15-22(17(3)4)24(21)30(27,28)29)8-13-23(26)19-9-11-20(12-10-19)25(5,6)7/h9-12,14-17H,8,13H2,1-7H3,(H,27,28,29). The van der Waals surface area contributed by atoms with Gasteiger partial charge in [-0.05, 0) is 45.9 Å². The normalized spacial score (nSPS) is 12.6. The molecule has 1 N–H and O–H groups in total. The van der Waals surface area contributed by atoms with Gasteiger partial charge in [0.1, 0.15) is 4.90 Å². The molecular weight excluding hydrogens is 396 g/mol. The van der Waals surface area contributed by atoms with E-state index in [0.29, 0.717) is 29.5 Å². The zero-order valence-electron chi connectivity index (χ0n) is 19.1. The molecule has 0 amide bonds. The Morgan fingerprint density at radius 3 is 1.77 bits per heavy atom. The fourth-order valence-corrected chi connectivity index (χ4v) is 4.78. The van der Waals surface area contributed by atoms with Crippen LogP contribution in [-0.4, -0.2) is 18.8 Å². The van der Waals surface area contributed by atoms with Crippen LogP contribution in [0.2, 0.25) is 0 Å². The van der Waals surface area contributed by atoms with Crippen molar-refractivity contribution in [1.29, 1.82) is 0 Å². The summed E-state index contributed by atoms with van der Waals surface area (Å²) in [5.74, 6) is -0.0773. The van der Waals surface area contributed by atoms with Crippen molar-refractivity contribution in [2.45, 2.75) is 83.5 Å². The van der Waals surface area contributed by atoms with Gasteiger partial charge in [-0.3, -0.25) is 9.35 Å². The first kappa shape index (κ1) is 24.3. The van der Waals surface area contributed by atoms with E-state index in [1.807, 2.05) is 64.1 Å². The Bertz CT molecular complexity index is 979. The molecule has 2 aromatic rings. The Morgan fingerprint density at radius 1 is 0.933 bits per heavy atom. The maximum absolute atomic E-state index is 12.7. The number of carbonyl (C=O) groups is 1. The van der Waals surface area contributed by atoms with E-state index >= 15 is 0 Å². The molecule has 0 unspecified atom stereocenters. The highest BCUT2D eigenvalue weighted by Crippen LogP contribution is 2.33. The molecule has 0 aliphatic carbocycles. The lowest BCUT2D eigenvalue weighted by molar-refractivity contribution is 0.0982. The van der Waals surface area contributed by atoms with E-state index in [-0.39, 0.29) is 27.9 Å². The molecule has 0 spiro atoms. The third-order valence-corrected chi connectivity index (χ3v) is 6.41. The molecule has 0 bridgehead atoms. The maximum atomic E-state index is 12.7. The first-order valence-corrected chi connectivity index (χ1v) is 11.9. The molecule has 0 atom stereocenters. The van der Waals surface area contributed by atoms with Gasteiger partial charge in [0.2, 0.25) is 0 Å². The van der Waals surface area contributed by atoms with Gasteiger partial charge in [-0.1, -0.05) is 84.9 Å². The van der Waals surface area contributed by atoms with Crippen molar-refractivity contribution in [3.63, 3.8) is 0 Å². The van der Waals surface area contributed by atoms with Crippen LogP contribution in [0.25, 0.3) is 0 Å². The van der Waals surface area contributed by atoms with Crippen LogP contribution in [0.3, 0.4) is 0 Å². The second-order valence-corrected chi connectivity index (χ2v) is 11.0. The van der Waals surface area contributed by atoms with Crippen LogP contribution in [0.15, 0.2) is 41.3 Å². The van der Waals surface area contributed by atoms with Crippen molar-refractivity contribution >= 4 is 15.9 Å². The summed E-state index contributed by atoms with van der Waals surface area (Å²) in [6.45, 7) is 14.0. The smallest absolute Gasteiger partial charge is 0.294 e. The summed E-state index contributed by atoms with van der Waals surface area (Å²) in [5, 5.41) is 0. The summed E-state index contributed by atoms with van der Waals surface area (Å²) in [7, 11) is -4.33. The topological polar surface area (TPSA) is 71.4 Å². The van der Waals surface area contributed by atoms with Crippen molar-refractivity contribution < 1.29 is 17.8 Å². The third-order valence-electron chi connectivity index (χ3n) is 5.42. The van der Waals surface area contributed by atoms with Crippen molar-refractivity contribution in [2.24, 2.45) is 0 Å². The van der Waals surface area contributed by atoms with Crippen LogP contribution >= 0.6 is 0 Å². The van der Waals surface area contributed by atoms with Crippen LogP contribution in [0.5, 0.6) is 0 Å². The minimum atomic E-state index is -4.33. The van der Waals surface area contributed by atoms with Gasteiger partial charge >= 0.3 is 0 Å². The van der Waals surface area contributed by atoms with Crippen molar-refractivity contribution in [3.05, 3.63) is 64.2 Å². The molecule has 30 heavy (non-hydrogen) atoms. The van der Waals surface area contributed by atoms with E-state index in [9.17, 15) is 17.8 Å². The number of ketones is 1. The fraction of sp³-hybridized carbons (Fsp3) is 0.480. The maximum Gasteiger partial charge on any atom is 0.295 e. The van der Waals surface area contributed by atoms with E-state index in [2.05, 4.69) is 20.8 Å². The van der Waals surface area contributed by atoms with Crippen molar-refractivity contribution in [1.82, 2.24) is 0 Å². The quantitative estimate of drug-likeness (QED) is 0.414. The summed E-state index contributed by atoms with van der Waals surface area (Å²) >= 11 is 0. The summed E-state index contributed by atoms with van der Waals surface area (Å²) in [5.41, 5.74) is 4.01. The van der Waals surface area contributed by atoms with Crippen molar-refractivity contribution in [2.75, 3.05) is 0 Å². The highest BCUT2D eigenvalue weighted by molar-refractivity contribution is 7.86. The summed E-state index contributed by atoms with van der Waals surface area (Å²) in [6.07, 6.45) is 0.861. The van der Waals surface area contributed by atoms with Crippen molar-refractivity contribution in [3.8, 4) is 0 Å². The molecule has 5 heteroatoms. The predicted octanol–water partition coefficient (Wildman–Crippen LogP) is 6.29. The van der Waals surface area contributed by atoms with E-state index in [1.165, 1.54) is 5.56 Å². The number of carbonyl (C=O) groups excluding carboxylic acids is 1. The molecule has 0 aromatic heterocycles. The minimum Gasteiger partial charge on any atom is -0.294 e. The zero-order valence-corrected chi connectivity index (χ0v) is 19.9. The van der Waals surface area contributed by atoms with Gasteiger partial charge in [-0.2, -0.15) is 8.42 Å². The van der Waals surface area contributed by atoms with Gasteiger partial charge in [-0.25, -0.2) is 0 Å². The van der Waals surface area contributed by atoms with E-state index < -0.39 is 10.1 Å². The Morgan fingerprint density at radius 2 is 1.40 bits per heavy atom. The number of Topliss-reactive ketones (excluding diaryl/α,β-unsaturated/α-hetero) is 1. The zero-order chi connectivity index (χ0) is 22.9. The first-order valence-electron chi connectivity index (χ1n) is 10.5. The number of aryl methyl sites for hydroxylation is 1. The highest BCUT2D eigenvalue weighted by Gasteiger charge is 2.25. The predicted molar refractivity (Wildman–Crippen MR) is 122 cm³/mol. The largest absolute Gasteiger partial charge is 0.295 e. The monoisotopic (exact) mass is 430 g/mol. The molecule has 0 radical (unpaired) electrons. The van der Waals surface area contributed by atoms with Crippen LogP contribution < -0.4 is 0 Å². The molecule has 0 aliphatic rings. The van der Waals surface area contributed by atoms with Crippen LogP contribution in [-0.2, 0) is 22.0 Å². The molecule has 4 nitrogen and oxygen atoms in total. The van der Waals surface area contributed by atoms with E-state index in [0.717, 1.165) is 5.56 Å². The Hall–Kier alpha value is -1.98. The summed E-state index contributed by atoms with van der Waals surface area (Å²) in [4.78, 5) is 12.7. The molecule has 2 aromatic carbocycles. The molecule has 164 valence electrons. The van der Waals surface area contributed by atoms with Gasteiger partial charge in [0.05, 0.1) is 0 Å². The number of hydrogen-bond donors (Lipinski definition) is 1. The Kier molecular flexibility index (Phi) is 7.31. The average Bonchev–Trinajstić information content (AvgIpc) is 2.63. The van der Waals surface area contributed by atoms with Crippen LogP contribution in [0.1, 0.15) is 99.3 Å². The number of rotatable bonds is 7. The second kappa shape index (κ2) is 9.03. The van der Waals surface area contributed by atoms with E-state index in [4.69, 9.17) is 0 Å². The summed E-state index contributed by atoms with van der Waals surface area (Å²) < 4.78 is 33.9. The van der Waals surface area contributed by atoms with Gasteiger partial charge in [-0.15, -0.1) is 0 Å². The third kappa shape index (κ3) is 5.79. The molecule has 0 aliphatic heterocycles. The molecule has 0 saturated heterocycles. The van der Waals surface area contributed by atoms with Gasteiger partial charge in [0.15, 0.2) is 5.78 Å². The van der Waals surface area contributed by atoms with Crippen LogP contribution in [0.4, 0.5) is 0 Å². The Labute approximate surface area is 181 Å². The Balaban J connectivity index is 2.31. The van der Waals surface area contributed by atoms with Gasteiger partial charge in [0.25, 0.3) is 10.1 Å². The minimum absolute atomic E-state index is 0.0142. The molecule has 0 saturated carbocycles. The van der Waals surface area contributed by atoms with Gasteiger partial charge < -0.3 is 0 Å². The summed E-state index contributed by atoms with van der Waals surface area (Å²) in [6, 6.07) is 11.4. The second-order valence-electron chi connectivity index (χ2n) is 9.64. The van der Waals surface area contributed by atoms with Gasteiger partial charge in [0, 0.05) is 12.0 Å². The SMILES string of the molecule is CC(C)c1cc(CCC(=O)c2ccc(C(C)(C)C)cc2)cc(C(C)C)c1S(=O)(=O)O. The molecular formula is C25H34O4S. The number of benzene rings is 2. The molecule has 0 fully saturated rings. The molecule has 2 rings (SSSR count). The number of hydrogen-bond acceptors (Lipinski definition) is 3. The first-order chi connectivity index (χ1) is 13.7. The lowest BCUT2D eigenvalue weighted by atomic mass is 9.86. The van der Waals surface area contributed by atoms with Crippen LogP contribution in [0, 0.1) is 0 Å². The lowest BCUT2D eigenvalue weighted by Crippen LogP contribution is -2.12. The highest BCUT2D eigenvalue weighted by atomic mass is 32.2. The fourth-order valence-electron chi connectivity index (χ4n) is 3.60. The average molecular weight is 431 g/mol. The lowest BCUT2D eigenvalue weighted by Gasteiger charge is -2.20. The van der Waals surface area contributed by atoms with E-state index in [1.54, 1.807) is 0 Å².